The van der Waals surface area contributed by atoms with Crippen LogP contribution in [0.1, 0.15) is 40.5 Å². The highest BCUT2D eigenvalue weighted by Gasteiger charge is 2.09. The molecular weight excluding hydrogens is 358 g/mol. The molecule has 0 aliphatic heterocycles. The average molecular weight is 376 g/mol. The van der Waals surface area contributed by atoms with Crippen LogP contribution < -0.4 is 5.32 Å². The Morgan fingerprint density at radius 2 is 1.83 bits per heavy atom. The molecule has 0 saturated heterocycles. The second-order valence-electron chi connectivity index (χ2n) is 5.03. The number of carbonyl (C=O) groups excluding carboxylic acids is 2. The first-order valence-corrected chi connectivity index (χ1v) is 8.23. The van der Waals surface area contributed by atoms with Gasteiger partial charge in [-0.1, -0.05) is 35.3 Å². The maximum absolute atomic E-state index is 12.1. The molecule has 120 valence electrons. The lowest BCUT2D eigenvalue weighted by Gasteiger charge is -2.07. The molecule has 0 aliphatic rings. The summed E-state index contributed by atoms with van der Waals surface area (Å²) in [6.07, 6.45) is 1.83. The fraction of sp³-hybridized carbons (Fsp3) is 0.222. The third-order valence-corrected chi connectivity index (χ3v) is 3.69. The first-order valence-electron chi connectivity index (χ1n) is 7.44. The van der Waals surface area contributed by atoms with Gasteiger partial charge in [0.1, 0.15) is 0 Å². The van der Waals surface area contributed by atoms with Crippen molar-refractivity contribution in [1.29, 1.82) is 0 Å². The van der Waals surface area contributed by atoms with Crippen molar-refractivity contribution in [3.63, 3.8) is 0 Å². The van der Waals surface area contributed by atoms with Crippen LogP contribution in [0.15, 0.2) is 53.0 Å². The molecule has 0 bridgehead atoms. The first-order chi connectivity index (χ1) is 11.1. The molecule has 1 N–H and O–H groups in total. The van der Waals surface area contributed by atoms with E-state index in [1.54, 1.807) is 42.5 Å². The van der Waals surface area contributed by atoms with Crippen molar-refractivity contribution in [2.75, 3.05) is 11.9 Å². The van der Waals surface area contributed by atoms with E-state index in [9.17, 15) is 9.59 Å². The molecular formula is C18H18BrNO3. The number of benzene rings is 2. The van der Waals surface area contributed by atoms with Crippen molar-refractivity contribution in [2.45, 2.75) is 19.8 Å². The van der Waals surface area contributed by atoms with E-state index in [1.165, 1.54) is 0 Å². The summed E-state index contributed by atoms with van der Waals surface area (Å²) < 4.78 is 5.98. The molecule has 4 nitrogen and oxygen atoms in total. The molecule has 0 atom stereocenters. The lowest BCUT2D eigenvalue weighted by Crippen LogP contribution is -2.12. The molecule has 0 fully saturated rings. The molecule has 5 heteroatoms. The van der Waals surface area contributed by atoms with Gasteiger partial charge < -0.3 is 10.1 Å². The van der Waals surface area contributed by atoms with Gasteiger partial charge in [0.15, 0.2) is 0 Å². The molecule has 2 aromatic rings. The summed E-state index contributed by atoms with van der Waals surface area (Å²) in [5.41, 5.74) is 1.66. The SMILES string of the molecule is CCCCOC(=O)c1ccc(NC(=O)c2cccc(Br)c2)cc1. The maximum Gasteiger partial charge on any atom is 0.338 e. The summed E-state index contributed by atoms with van der Waals surface area (Å²) in [6.45, 7) is 2.47. The Kier molecular flexibility index (Phi) is 6.35. The van der Waals surface area contributed by atoms with Crippen LogP contribution in [0.5, 0.6) is 0 Å². The molecule has 0 aromatic heterocycles. The number of amides is 1. The summed E-state index contributed by atoms with van der Waals surface area (Å²) in [5.74, 6) is -0.548. The molecule has 0 spiro atoms. The highest BCUT2D eigenvalue weighted by molar-refractivity contribution is 9.10. The van der Waals surface area contributed by atoms with Crippen LogP contribution in [-0.4, -0.2) is 18.5 Å². The number of nitrogens with one attached hydrogen (secondary N) is 1. The standard InChI is InChI=1S/C18H18BrNO3/c1-2-3-11-23-18(22)13-7-9-16(10-8-13)20-17(21)14-5-4-6-15(19)12-14/h4-10,12H,2-3,11H2,1H3,(H,20,21). The number of hydrogen-bond acceptors (Lipinski definition) is 3. The second kappa shape index (κ2) is 8.48. The fourth-order valence-electron chi connectivity index (χ4n) is 1.92. The fourth-order valence-corrected chi connectivity index (χ4v) is 2.31. The normalized spacial score (nSPS) is 10.2. The van der Waals surface area contributed by atoms with Crippen molar-refractivity contribution in [3.05, 3.63) is 64.1 Å². The van der Waals surface area contributed by atoms with Crippen LogP contribution in [0.3, 0.4) is 0 Å². The Morgan fingerprint density at radius 1 is 1.09 bits per heavy atom. The van der Waals surface area contributed by atoms with E-state index in [2.05, 4.69) is 21.2 Å². The van der Waals surface area contributed by atoms with Crippen molar-refractivity contribution in [1.82, 2.24) is 0 Å². The second-order valence-corrected chi connectivity index (χ2v) is 5.95. The van der Waals surface area contributed by atoms with Crippen LogP contribution in [0.2, 0.25) is 0 Å². The largest absolute Gasteiger partial charge is 0.462 e. The molecule has 23 heavy (non-hydrogen) atoms. The average Bonchev–Trinajstić information content (AvgIpc) is 2.55. The van der Waals surface area contributed by atoms with Gasteiger partial charge >= 0.3 is 5.97 Å². The number of ether oxygens (including phenoxy) is 1. The van der Waals surface area contributed by atoms with Gasteiger partial charge in [0.05, 0.1) is 12.2 Å². The van der Waals surface area contributed by atoms with E-state index >= 15 is 0 Å². The van der Waals surface area contributed by atoms with E-state index in [4.69, 9.17) is 4.74 Å². The summed E-state index contributed by atoms with van der Waals surface area (Å²) >= 11 is 3.34. The molecule has 1 amide bonds. The first kappa shape index (κ1) is 17.2. The van der Waals surface area contributed by atoms with E-state index in [0.717, 1.165) is 17.3 Å². The zero-order valence-corrected chi connectivity index (χ0v) is 14.4. The van der Waals surface area contributed by atoms with E-state index < -0.39 is 0 Å². The zero-order valence-electron chi connectivity index (χ0n) is 12.8. The van der Waals surface area contributed by atoms with Crippen molar-refractivity contribution < 1.29 is 14.3 Å². The summed E-state index contributed by atoms with van der Waals surface area (Å²) in [5, 5.41) is 2.79. The summed E-state index contributed by atoms with van der Waals surface area (Å²) in [6, 6.07) is 13.8. The molecule has 2 aromatic carbocycles. The lowest BCUT2D eigenvalue weighted by molar-refractivity contribution is 0.0499. The minimum absolute atomic E-state index is 0.204. The molecule has 0 saturated carbocycles. The van der Waals surface area contributed by atoms with Crippen LogP contribution >= 0.6 is 15.9 Å². The number of unbranched alkanes of at least 4 members (excludes halogenated alkanes) is 1. The van der Waals surface area contributed by atoms with Gasteiger partial charge in [0, 0.05) is 15.7 Å². The van der Waals surface area contributed by atoms with E-state index in [0.29, 0.717) is 23.4 Å². The molecule has 2 rings (SSSR count). The monoisotopic (exact) mass is 375 g/mol. The quantitative estimate of drug-likeness (QED) is 0.589. The lowest BCUT2D eigenvalue weighted by atomic mass is 10.2. The maximum atomic E-state index is 12.1. The summed E-state index contributed by atoms with van der Waals surface area (Å²) in [7, 11) is 0. The minimum Gasteiger partial charge on any atom is -0.462 e. The topological polar surface area (TPSA) is 55.4 Å². The molecule has 0 heterocycles. The van der Waals surface area contributed by atoms with Gasteiger partial charge in [-0.3, -0.25) is 4.79 Å². The van der Waals surface area contributed by atoms with Gasteiger partial charge in [-0.2, -0.15) is 0 Å². The third kappa shape index (κ3) is 5.21. The van der Waals surface area contributed by atoms with Gasteiger partial charge in [-0.15, -0.1) is 0 Å². The number of anilines is 1. The van der Waals surface area contributed by atoms with Crippen LogP contribution in [0.25, 0.3) is 0 Å². The predicted molar refractivity (Wildman–Crippen MR) is 93.7 cm³/mol. The Hall–Kier alpha value is -2.14. The van der Waals surface area contributed by atoms with Crippen molar-refractivity contribution in [3.8, 4) is 0 Å². The van der Waals surface area contributed by atoms with Crippen LogP contribution in [0, 0.1) is 0 Å². The summed E-state index contributed by atoms with van der Waals surface area (Å²) in [4.78, 5) is 23.9. The smallest absolute Gasteiger partial charge is 0.338 e. The van der Waals surface area contributed by atoms with Crippen molar-refractivity contribution >= 4 is 33.5 Å². The zero-order chi connectivity index (χ0) is 16.7. The van der Waals surface area contributed by atoms with Gasteiger partial charge in [0.25, 0.3) is 5.91 Å². The Bertz CT molecular complexity index is 683. The van der Waals surface area contributed by atoms with Gasteiger partial charge in [-0.05, 0) is 48.9 Å². The molecule has 0 unspecified atom stereocenters. The third-order valence-electron chi connectivity index (χ3n) is 3.20. The Balaban J connectivity index is 1.97. The number of carbonyl (C=O) groups is 2. The van der Waals surface area contributed by atoms with Gasteiger partial charge in [0.2, 0.25) is 0 Å². The highest BCUT2D eigenvalue weighted by Crippen LogP contribution is 2.15. The minimum atomic E-state index is -0.344. The highest BCUT2D eigenvalue weighted by atomic mass is 79.9. The molecule has 0 aliphatic carbocycles. The van der Waals surface area contributed by atoms with Crippen molar-refractivity contribution in [2.24, 2.45) is 0 Å². The number of esters is 1. The van der Waals surface area contributed by atoms with Crippen LogP contribution in [-0.2, 0) is 4.74 Å². The Labute approximate surface area is 144 Å². The number of halogens is 1. The Morgan fingerprint density at radius 3 is 2.48 bits per heavy atom. The van der Waals surface area contributed by atoms with E-state index in [1.807, 2.05) is 13.0 Å². The number of rotatable bonds is 6. The van der Waals surface area contributed by atoms with E-state index in [-0.39, 0.29) is 11.9 Å². The molecule has 0 radical (unpaired) electrons. The van der Waals surface area contributed by atoms with Crippen LogP contribution in [0.4, 0.5) is 5.69 Å². The number of hydrogen-bond donors (Lipinski definition) is 1. The van der Waals surface area contributed by atoms with Gasteiger partial charge in [-0.25, -0.2) is 4.79 Å². The predicted octanol–water partition coefficient (Wildman–Crippen LogP) is 4.66.